The maximum absolute atomic E-state index is 12.9. The number of benzene rings is 1. The molecule has 2 amide bonds. The molecule has 1 aliphatic rings. The average Bonchev–Trinajstić information content (AvgIpc) is 3.37. The number of amides is 2. The van der Waals surface area contributed by atoms with E-state index in [0.717, 1.165) is 30.5 Å². The van der Waals surface area contributed by atoms with Crippen molar-refractivity contribution in [1.29, 1.82) is 0 Å². The Morgan fingerprint density at radius 1 is 1.19 bits per heavy atom. The predicted octanol–water partition coefficient (Wildman–Crippen LogP) is 4.47. The molecule has 26 heavy (non-hydrogen) atoms. The van der Waals surface area contributed by atoms with E-state index in [9.17, 15) is 9.59 Å². The summed E-state index contributed by atoms with van der Waals surface area (Å²) >= 11 is 1.66. The first-order valence-corrected chi connectivity index (χ1v) is 10.2. The van der Waals surface area contributed by atoms with Crippen LogP contribution in [0.4, 0.5) is 5.69 Å². The normalized spacial score (nSPS) is 14.7. The van der Waals surface area contributed by atoms with Gasteiger partial charge < -0.3 is 10.2 Å². The van der Waals surface area contributed by atoms with Crippen LogP contribution in [0.3, 0.4) is 0 Å². The molecule has 0 saturated heterocycles. The van der Waals surface area contributed by atoms with Crippen molar-refractivity contribution in [1.82, 2.24) is 4.90 Å². The van der Waals surface area contributed by atoms with Crippen LogP contribution in [0.15, 0.2) is 41.1 Å². The van der Waals surface area contributed by atoms with Gasteiger partial charge in [0.15, 0.2) is 0 Å². The third-order valence-electron chi connectivity index (χ3n) is 4.90. The van der Waals surface area contributed by atoms with Crippen LogP contribution in [0.5, 0.6) is 0 Å². The van der Waals surface area contributed by atoms with Crippen molar-refractivity contribution in [2.75, 3.05) is 5.32 Å². The van der Waals surface area contributed by atoms with E-state index < -0.39 is 0 Å². The smallest absolute Gasteiger partial charge is 0.227 e. The monoisotopic (exact) mass is 370 g/mol. The van der Waals surface area contributed by atoms with Crippen molar-refractivity contribution in [3.63, 3.8) is 0 Å². The van der Waals surface area contributed by atoms with Crippen molar-refractivity contribution in [3.8, 4) is 0 Å². The zero-order chi connectivity index (χ0) is 18.5. The molecule has 1 aliphatic carbocycles. The zero-order valence-corrected chi connectivity index (χ0v) is 16.2. The maximum Gasteiger partial charge on any atom is 0.227 e. The topological polar surface area (TPSA) is 49.4 Å². The minimum atomic E-state index is 0.104. The van der Waals surface area contributed by atoms with Gasteiger partial charge in [0.2, 0.25) is 11.8 Å². The lowest BCUT2D eigenvalue weighted by Gasteiger charge is -2.28. The summed E-state index contributed by atoms with van der Waals surface area (Å²) in [7, 11) is 0. The third kappa shape index (κ3) is 4.94. The minimum Gasteiger partial charge on any atom is -0.335 e. The van der Waals surface area contributed by atoms with Crippen LogP contribution in [0.1, 0.15) is 44.2 Å². The SMILES string of the molecule is CCC(C)N(Cc1ccsc1)C(=O)Cc1ccc(NC(=O)C2CC2)cc1. The fraction of sp³-hybridized carbons (Fsp3) is 0.429. The van der Waals surface area contributed by atoms with E-state index in [0.29, 0.717) is 13.0 Å². The Morgan fingerprint density at radius 3 is 2.50 bits per heavy atom. The van der Waals surface area contributed by atoms with Gasteiger partial charge in [-0.1, -0.05) is 19.1 Å². The Bertz CT molecular complexity index is 736. The van der Waals surface area contributed by atoms with Crippen LogP contribution in [0.25, 0.3) is 0 Å². The molecule has 0 spiro atoms. The van der Waals surface area contributed by atoms with Crippen LogP contribution in [0, 0.1) is 5.92 Å². The van der Waals surface area contributed by atoms with Gasteiger partial charge in [0.25, 0.3) is 0 Å². The summed E-state index contributed by atoms with van der Waals surface area (Å²) in [5.41, 5.74) is 2.95. The lowest BCUT2D eigenvalue weighted by molar-refractivity contribution is -0.133. The summed E-state index contributed by atoms with van der Waals surface area (Å²) in [5.74, 6) is 0.435. The average molecular weight is 371 g/mol. The van der Waals surface area contributed by atoms with Crippen LogP contribution >= 0.6 is 11.3 Å². The number of thiophene rings is 1. The largest absolute Gasteiger partial charge is 0.335 e. The van der Waals surface area contributed by atoms with Gasteiger partial charge in [0.05, 0.1) is 6.42 Å². The molecule has 0 radical (unpaired) electrons. The molecular formula is C21H26N2O2S. The molecule has 1 fully saturated rings. The highest BCUT2D eigenvalue weighted by Gasteiger charge is 2.29. The molecule has 2 aromatic rings. The highest BCUT2D eigenvalue weighted by Crippen LogP contribution is 2.30. The van der Waals surface area contributed by atoms with Gasteiger partial charge in [-0.05, 0) is 66.3 Å². The quantitative estimate of drug-likeness (QED) is 0.745. The third-order valence-corrected chi connectivity index (χ3v) is 5.63. The molecule has 3 rings (SSSR count). The molecule has 0 bridgehead atoms. The lowest BCUT2D eigenvalue weighted by atomic mass is 10.1. The second-order valence-electron chi connectivity index (χ2n) is 7.05. The summed E-state index contributed by atoms with van der Waals surface area (Å²) in [6.45, 7) is 4.86. The molecule has 1 heterocycles. The molecular weight excluding hydrogens is 344 g/mol. The molecule has 1 aromatic heterocycles. The highest BCUT2D eigenvalue weighted by atomic mass is 32.1. The number of hydrogen-bond acceptors (Lipinski definition) is 3. The number of hydrogen-bond donors (Lipinski definition) is 1. The lowest BCUT2D eigenvalue weighted by Crippen LogP contribution is -2.38. The summed E-state index contributed by atoms with van der Waals surface area (Å²) < 4.78 is 0. The second kappa shape index (κ2) is 8.49. The summed E-state index contributed by atoms with van der Waals surface area (Å²) in [6.07, 6.45) is 3.30. The van der Waals surface area contributed by atoms with Crippen molar-refractivity contribution >= 4 is 28.8 Å². The van der Waals surface area contributed by atoms with E-state index in [1.165, 1.54) is 5.56 Å². The Labute approximate surface area is 159 Å². The fourth-order valence-corrected chi connectivity index (χ4v) is 3.52. The first-order valence-electron chi connectivity index (χ1n) is 9.27. The zero-order valence-electron chi connectivity index (χ0n) is 15.4. The predicted molar refractivity (Wildman–Crippen MR) is 106 cm³/mol. The van der Waals surface area contributed by atoms with Crippen LogP contribution in [-0.2, 0) is 22.6 Å². The van der Waals surface area contributed by atoms with E-state index in [2.05, 4.69) is 30.6 Å². The Balaban J connectivity index is 1.61. The minimum absolute atomic E-state index is 0.104. The second-order valence-corrected chi connectivity index (χ2v) is 7.83. The number of nitrogens with one attached hydrogen (secondary N) is 1. The molecule has 1 saturated carbocycles. The number of anilines is 1. The van der Waals surface area contributed by atoms with Gasteiger partial charge in [-0.2, -0.15) is 11.3 Å². The van der Waals surface area contributed by atoms with E-state index in [4.69, 9.17) is 0 Å². The van der Waals surface area contributed by atoms with Gasteiger partial charge in [0, 0.05) is 24.2 Å². The molecule has 1 atom stereocenters. The molecule has 5 heteroatoms. The van der Waals surface area contributed by atoms with E-state index in [1.807, 2.05) is 34.5 Å². The molecule has 1 aromatic carbocycles. The molecule has 0 aliphatic heterocycles. The maximum atomic E-state index is 12.9. The van der Waals surface area contributed by atoms with Gasteiger partial charge in [-0.15, -0.1) is 0 Å². The number of carbonyl (C=O) groups is 2. The van der Waals surface area contributed by atoms with Crippen molar-refractivity contribution in [2.24, 2.45) is 5.92 Å². The summed E-state index contributed by atoms with van der Waals surface area (Å²) in [6, 6.07) is 9.91. The van der Waals surface area contributed by atoms with Crippen LogP contribution in [-0.4, -0.2) is 22.8 Å². The van der Waals surface area contributed by atoms with Crippen LogP contribution < -0.4 is 5.32 Å². The first kappa shape index (κ1) is 18.6. The number of nitrogens with zero attached hydrogens (tertiary/aromatic N) is 1. The Hall–Kier alpha value is -2.14. The van der Waals surface area contributed by atoms with E-state index >= 15 is 0 Å². The van der Waals surface area contributed by atoms with Gasteiger partial charge in [-0.25, -0.2) is 0 Å². The van der Waals surface area contributed by atoms with Crippen molar-refractivity contribution < 1.29 is 9.59 Å². The Kier molecular flexibility index (Phi) is 6.09. The van der Waals surface area contributed by atoms with E-state index in [-0.39, 0.29) is 23.8 Å². The highest BCUT2D eigenvalue weighted by molar-refractivity contribution is 7.07. The fourth-order valence-electron chi connectivity index (χ4n) is 2.86. The Morgan fingerprint density at radius 2 is 1.92 bits per heavy atom. The van der Waals surface area contributed by atoms with Gasteiger partial charge in [0.1, 0.15) is 0 Å². The number of carbonyl (C=O) groups excluding carboxylic acids is 2. The molecule has 1 N–H and O–H groups in total. The summed E-state index contributed by atoms with van der Waals surface area (Å²) in [4.78, 5) is 26.6. The first-order chi connectivity index (χ1) is 12.6. The van der Waals surface area contributed by atoms with Crippen LogP contribution in [0.2, 0.25) is 0 Å². The standard InChI is InChI=1S/C21H26N2O2S/c1-3-15(2)23(13-17-10-11-26-14-17)20(24)12-16-4-8-19(9-5-16)22-21(25)18-6-7-18/h4-5,8-11,14-15,18H,3,6-7,12-13H2,1-2H3,(H,22,25). The van der Waals surface area contributed by atoms with E-state index in [1.54, 1.807) is 11.3 Å². The van der Waals surface area contributed by atoms with Crippen molar-refractivity contribution in [2.45, 2.75) is 52.1 Å². The molecule has 4 nitrogen and oxygen atoms in total. The molecule has 138 valence electrons. The number of rotatable bonds is 8. The van der Waals surface area contributed by atoms with Crippen molar-refractivity contribution in [3.05, 3.63) is 52.2 Å². The summed E-state index contributed by atoms with van der Waals surface area (Å²) in [5, 5.41) is 7.07. The molecule has 1 unspecified atom stereocenters. The van der Waals surface area contributed by atoms with Gasteiger partial charge >= 0.3 is 0 Å². The van der Waals surface area contributed by atoms with Gasteiger partial charge in [-0.3, -0.25) is 9.59 Å².